The molecule has 0 aliphatic heterocycles. The van der Waals surface area contributed by atoms with Gasteiger partial charge in [-0.15, -0.1) is 0 Å². The van der Waals surface area contributed by atoms with E-state index in [2.05, 4.69) is 4.98 Å². The van der Waals surface area contributed by atoms with Crippen molar-refractivity contribution in [1.29, 1.82) is 0 Å². The maximum atomic E-state index is 10.5. The van der Waals surface area contributed by atoms with Crippen LogP contribution in [0.1, 0.15) is 6.42 Å². The maximum Gasteiger partial charge on any atom is 0.305 e. The third-order valence-electron chi connectivity index (χ3n) is 2.29. The van der Waals surface area contributed by atoms with E-state index in [0.29, 0.717) is 23.0 Å². The number of nitrogens with two attached hydrogens (primary N) is 1. The van der Waals surface area contributed by atoms with E-state index >= 15 is 0 Å². The Kier molecular flexibility index (Phi) is 2.70. The molecule has 6 heteroatoms. The van der Waals surface area contributed by atoms with Crippen molar-refractivity contribution in [3.05, 3.63) is 23.2 Å². The lowest BCUT2D eigenvalue weighted by Gasteiger charge is -2.03. The van der Waals surface area contributed by atoms with Crippen LogP contribution in [0, 0.1) is 0 Å². The number of carboxylic acids is 1. The van der Waals surface area contributed by atoms with Crippen LogP contribution >= 0.6 is 11.6 Å². The quantitative estimate of drug-likeness (QED) is 0.855. The van der Waals surface area contributed by atoms with E-state index in [4.69, 9.17) is 22.4 Å². The molecule has 84 valence electrons. The van der Waals surface area contributed by atoms with E-state index in [9.17, 15) is 4.79 Å². The Labute approximate surface area is 96.4 Å². The van der Waals surface area contributed by atoms with Gasteiger partial charge in [-0.25, -0.2) is 4.98 Å². The van der Waals surface area contributed by atoms with Gasteiger partial charge in [0.1, 0.15) is 0 Å². The molecule has 0 spiro atoms. The molecule has 0 fully saturated rings. The number of nitrogen functional groups attached to an aromatic ring is 1. The van der Waals surface area contributed by atoms with Crippen LogP contribution in [0.5, 0.6) is 0 Å². The Morgan fingerprint density at radius 3 is 3.00 bits per heavy atom. The van der Waals surface area contributed by atoms with Gasteiger partial charge in [0.25, 0.3) is 0 Å². The molecule has 16 heavy (non-hydrogen) atoms. The molecule has 0 bridgehead atoms. The highest BCUT2D eigenvalue weighted by molar-refractivity contribution is 6.31. The first kappa shape index (κ1) is 10.8. The topological polar surface area (TPSA) is 81.1 Å². The SMILES string of the molecule is Nc1nc2cc(Cl)ccc2n1CCC(=O)O. The molecule has 0 unspecified atom stereocenters. The molecule has 2 aromatic rings. The highest BCUT2D eigenvalue weighted by atomic mass is 35.5. The number of imidazole rings is 1. The van der Waals surface area contributed by atoms with Gasteiger partial charge in [0.05, 0.1) is 17.5 Å². The molecule has 5 nitrogen and oxygen atoms in total. The first-order valence-electron chi connectivity index (χ1n) is 4.71. The molecule has 0 radical (unpaired) electrons. The molecule has 0 atom stereocenters. The number of hydrogen-bond acceptors (Lipinski definition) is 3. The Hall–Kier alpha value is -1.75. The van der Waals surface area contributed by atoms with E-state index < -0.39 is 5.97 Å². The number of carboxylic acid groups (broad SMARTS) is 1. The fourth-order valence-corrected chi connectivity index (χ4v) is 1.73. The first-order chi connectivity index (χ1) is 7.58. The van der Waals surface area contributed by atoms with Crippen LogP contribution in [-0.2, 0) is 11.3 Å². The lowest BCUT2D eigenvalue weighted by atomic mass is 10.3. The van der Waals surface area contributed by atoms with Crippen molar-refractivity contribution in [1.82, 2.24) is 9.55 Å². The lowest BCUT2D eigenvalue weighted by Crippen LogP contribution is -2.07. The van der Waals surface area contributed by atoms with Crippen LogP contribution in [0.2, 0.25) is 5.02 Å². The Morgan fingerprint density at radius 2 is 2.31 bits per heavy atom. The van der Waals surface area contributed by atoms with Gasteiger partial charge in [-0.3, -0.25) is 4.79 Å². The summed E-state index contributed by atoms with van der Waals surface area (Å²) in [6.07, 6.45) is 0.0122. The summed E-state index contributed by atoms with van der Waals surface area (Å²) in [7, 11) is 0. The van der Waals surface area contributed by atoms with Crippen LogP contribution in [0.3, 0.4) is 0 Å². The summed E-state index contributed by atoms with van der Waals surface area (Å²) in [5, 5.41) is 9.20. The first-order valence-corrected chi connectivity index (χ1v) is 5.09. The Balaban J connectivity index is 2.43. The molecule has 0 amide bonds. The fourth-order valence-electron chi connectivity index (χ4n) is 1.56. The number of halogens is 1. The zero-order valence-corrected chi connectivity index (χ0v) is 9.11. The van der Waals surface area contributed by atoms with E-state index in [1.54, 1.807) is 22.8 Å². The second-order valence-electron chi connectivity index (χ2n) is 3.40. The molecular weight excluding hydrogens is 230 g/mol. The minimum Gasteiger partial charge on any atom is -0.481 e. The lowest BCUT2D eigenvalue weighted by molar-refractivity contribution is -0.137. The fraction of sp³-hybridized carbons (Fsp3) is 0.200. The van der Waals surface area contributed by atoms with Crippen molar-refractivity contribution in [3.8, 4) is 0 Å². The zero-order valence-electron chi connectivity index (χ0n) is 8.35. The molecule has 0 saturated heterocycles. The smallest absolute Gasteiger partial charge is 0.305 e. The molecule has 1 aromatic carbocycles. The number of benzene rings is 1. The van der Waals surface area contributed by atoms with Gasteiger partial charge in [0.2, 0.25) is 5.95 Å². The average Bonchev–Trinajstić information content (AvgIpc) is 2.50. The van der Waals surface area contributed by atoms with Crippen LogP contribution in [-0.4, -0.2) is 20.6 Å². The molecule has 0 saturated carbocycles. The summed E-state index contributed by atoms with van der Waals surface area (Å²) >= 11 is 5.82. The van der Waals surface area contributed by atoms with Gasteiger partial charge in [-0.05, 0) is 18.2 Å². The minimum absolute atomic E-state index is 0.0122. The predicted molar refractivity (Wildman–Crippen MR) is 61.4 cm³/mol. The number of rotatable bonds is 3. The molecule has 0 aliphatic carbocycles. The van der Waals surface area contributed by atoms with E-state index in [1.807, 2.05) is 0 Å². The number of aryl methyl sites for hydroxylation is 1. The van der Waals surface area contributed by atoms with Crippen LogP contribution in [0.25, 0.3) is 11.0 Å². The zero-order chi connectivity index (χ0) is 11.7. The summed E-state index contributed by atoms with van der Waals surface area (Å²) in [5.41, 5.74) is 7.18. The second kappa shape index (κ2) is 4.02. The standard InChI is InChI=1S/C10H10ClN3O2/c11-6-1-2-8-7(5-6)13-10(12)14(8)4-3-9(15)16/h1-2,5H,3-4H2,(H2,12,13)(H,15,16). The van der Waals surface area contributed by atoms with Crippen molar-refractivity contribution < 1.29 is 9.90 Å². The second-order valence-corrected chi connectivity index (χ2v) is 3.83. The third-order valence-corrected chi connectivity index (χ3v) is 2.52. The van der Waals surface area contributed by atoms with E-state index in [0.717, 1.165) is 5.52 Å². The number of aromatic nitrogens is 2. The summed E-state index contributed by atoms with van der Waals surface area (Å²) in [6.45, 7) is 0.305. The minimum atomic E-state index is -0.866. The van der Waals surface area contributed by atoms with Gasteiger partial charge in [-0.2, -0.15) is 0 Å². The van der Waals surface area contributed by atoms with Crippen molar-refractivity contribution in [2.45, 2.75) is 13.0 Å². The Morgan fingerprint density at radius 1 is 1.56 bits per heavy atom. The maximum absolute atomic E-state index is 10.5. The number of fused-ring (bicyclic) bond motifs is 1. The normalized spacial score (nSPS) is 10.8. The summed E-state index contributed by atoms with van der Waals surface area (Å²) < 4.78 is 1.67. The molecule has 2 rings (SSSR count). The van der Waals surface area contributed by atoms with E-state index in [1.165, 1.54) is 0 Å². The van der Waals surface area contributed by atoms with Crippen LogP contribution in [0.4, 0.5) is 5.95 Å². The van der Waals surface area contributed by atoms with Gasteiger partial charge >= 0.3 is 5.97 Å². The number of carbonyl (C=O) groups is 1. The highest BCUT2D eigenvalue weighted by Gasteiger charge is 2.09. The molecule has 1 aromatic heterocycles. The highest BCUT2D eigenvalue weighted by Crippen LogP contribution is 2.21. The van der Waals surface area contributed by atoms with Crippen LogP contribution in [0.15, 0.2) is 18.2 Å². The van der Waals surface area contributed by atoms with Crippen molar-refractivity contribution in [2.24, 2.45) is 0 Å². The molecule has 0 aliphatic rings. The van der Waals surface area contributed by atoms with Crippen molar-refractivity contribution >= 4 is 34.6 Å². The molecule has 3 N–H and O–H groups in total. The van der Waals surface area contributed by atoms with Gasteiger partial charge in [0, 0.05) is 11.6 Å². The summed E-state index contributed by atoms with van der Waals surface area (Å²) in [5.74, 6) is -0.561. The van der Waals surface area contributed by atoms with Crippen molar-refractivity contribution in [3.63, 3.8) is 0 Å². The number of aliphatic carboxylic acids is 1. The van der Waals surface area contributed by atoms with E-state index in [-0.39, 0.29) is 6.42 Å². The monoisotopic (exact) mass is 239 g/mol. The van der Waals surface area contributed by atoms with Crippen molar-refractivity contribution in [2.75, 3.05) is 5.73 Å². The summed E-state index contributed by atoms with van der Waals surface area (Å²) in [4.78, 5) is 14.6. The van der Waals surface area contributed by atoms with Crippen LogP contribution < -0.4 is 5.73 Å². The van der Waals surface area contributed by atoms with Gasteiger partial charge in [-0.1, -0.05) is 11.6 Å². The third kappa shape index (κ3) is 1.94. The average molecular weight is 240 g/mol. The van der Waals surface area contributed by atoms with Gasteiger partial charge < -0.3 is 15.4 Å². The number of nitrogens with zero attached hydrogens (tertiary/aromatic N) is 2. The Bertz CT molecular complexity index is 550. The molecular formula is C10H10ClN3O2. The number of hydrogen-bond donors (Lipinski definition) is 2. The predicted octanol–water partition coefficient (Wildman–Crippen LogP) is 1.75. The number of anilines is 1. The van der Waals surface area contributed by atoms with Gasteiger partial charge in [0.15, 0.2) is 0 Å². The largest absolute Gasteiger partial charge is 0.481 e. The summed E-state index contributed by atoms with van der Waals surface area (Å²) in [6, 6.07) is 5.20. The molecule has 1 heterocycles.